The van der Waals surface area contributed by atoms with Crippen molar-refractivity contribution >= 4 is 17.9 Å². The van der Waals surface area contributed by atoms with Crippen molar-refractivity contribution in [2.24, 2.45) is 5.73 Å². The summed E-state index contributed by atoms with van der Waals surface area (Å²) in [6.45, 7) is 5.10. The first-order valence-corrected chi connectivity index (χ1v) is 5.75. The van der Waals surface area contributed by atoms with Gasteiger partial charge in [0.2, 0.25) is 5.91 Å². The van der Waals surface area contributed by atoms with Gasteiger partial charge in [0.15, 0.2) is 0 Å². The average Bonchev–Trinajstić information content (AvgIpc) is 2.12. The fourth-order valence-corrected chi connectivity index (χ4v) is 1.52. The molecule has 18 heavy (non-hydrogen) atoms. The average molecular weight is 259 g/mol. The molecular formula is C11H21N3O4. The van der Waals surface area contributed by atoms with Crippen LogP contribution in [0, 0.1) is 0 Å². The summed E-state index contributed by atoms with van der Waals surface area (Å²) in [5.41, 5.74) is 4.29. The van der Waals surface area contributed by atoms with Gasteiger partial charge in [0, 0.05) is 18.0 Å². The lowest BCUT2D eigenvalue weighted by Crippen LogP contribution is -2.52. The molecule has 0 aliphatic rings. The first-order chi connectivity index (χ1) is 8.16. The fourth-order valence-electron chi connectivity index (χ4n) is 1.52. The van der Waals surface area contributed by atoms with Gasteiger partial charge in [-0.3, -0.25) is 9.59 Å². The van der Waals surface area contributed by atoms with Gasteiger partial charge >= 0.3 is 12.0 Å². The zero-order valence-corrected chi connectivity index (χ0v) is 10.9. The third-order valence-corrected chi connectivity index (χ3v) is 2.32. The number of nitrogens with one attached hydrogen (secondary N) is 2. The van der Waals surface area contributed by atoms with Crippen molar-refractivity contribution in [3.05, 3.63) is 0 Å². The van der Waals surface area contributed by atoms with E-state index >= 15 is 0 Å². The summed E-state index contributed by atoms with van der Waals surface area (Å²) in [7, 11) is 0. The maximum Gasteiger partial charge on any atom is 0.315 e. The van der Waals surface area contributed by atoms with Crippen LogP contribution in [0.25, 0.3) is 0 Å². The van der Waals surface area contributed by atoms with Crippen molar-refractivity contribution in [3.63, 3.8) is 0 Å². The maximum absolute atomic E-state index is 11.6. The van der Waals surface area contributed by atoms with E-state index in [4.69, 9.17) is 10.8 Å². The van der Waals surface area contributed by atoms with Gasteiger partial charge < -0.3 is 21.5 Å². The molecule has 0 aliphatic heterocycles. The number of primary amides is 1. The molecular weight excluding hydrogens is 238 g/mol. The van der Waals surface area contributed by atoms with E-state index in [0.29, 0.717) is 6.42 Å². The number of rotatable bonds is 7. The predicted octanol–water partition coefficient (Wildman–Crippen LogP) is 0.193. The van der Waals surface area contributed by atoms with Gasteiger partial charge in [-0.2, -0.15) is 0 Å². The lowest BCUT2D eigenvalue weighted by Gasteiger charge is -2.26. The zero-order valence-electron chi connectivity index (χ0n) is 10.9. The summed E-state index contributed by atoms with van der Waals surface area (Å²) in [6, 6.07) is -0.943. The molecule has 0 bridgehead atoms. The minimum absolute atomic E-state index is 0.0101. The van der Waals surface area contributed by atoms with Gasteiger partial charge in [-0.25, -0.2) is 4.79 Å². The number of carbonyl (C=O) groups is 3. The summed E-state index contributed by atoms with van der Waals surface area (Å²) in [6.07, 6.45) is 0.381. The third kappa shape index (κ3) is 7.48. The molecule has 0 aromatic carbocycles. The number of nitrogens with two attached hydrogens (primary N) is 1. The standard InChI is InChI=1S/C11H21N3O4/c1-4-7(5-9(16)17)13-10(18)14-11(2,3)6-8(12)15/h7H,4-6H2,1-3H3,(H2,12,15)(H,16,17)(H2,13,14,18). The number of hydrogen-bond acceptors (Lipinski definition) is 3. The van der Waals surface area contributed by atoms with Crippen LogP contribution in [0.15, 0.2) is 0 Å². The molecule has 5 N–H and O–H groups in total. The van der Waals surface area contributed by atoms with E-state index in [-0.39, 0.29) is 12.8 Å². The molecule has 0 radical (unpaired) electrons. The molecule has 0 aromatic rings. The Kier molecular flexibility index (Phi) is 6.15. The molecule has 7 heteroatoms. The lowest BCUT2D eigenvalue weighted by molar-refractivity contribution is -0.137. The Labute approximate surface area is 106 Å². The Morgan fingerprint density at radius 3 is 2.28 bits per heavy atom. The van der Waals surface area contributed by atoms with Crippen molar-refractivity contribution < 1.29 is 19.5 Å². The number of aliphatic carboxylic acids is 1. The minimum atomic E-state index is -0.974. The van der Waals surface area contributed by atoms with Gasteiger partial charge in [-0.05, 0) is 20.3 Å². The van der Waals surface area contributed by atoms with Crippen LogP contribution < -0.4 is 16.4 Å². The number of carbonyl (C=O) groups excluding carboxylic acids is 2. The Bertz CT molecular complexity index is 328. The molecule has 1 atom stereocenters. The maximum atomic E-state index is 11.6. The van der Waals surface area contributed by atoms with Crippen LogP contribution in [-0.2, 0) is 9.59 Å². The van der Waals surface area contributed by atoms with E-state index in [1.54, 1.807) is 20.8 Å². The van der Waals surface area contributed by atoms with Crippen LogP contribution in [0.5, 0.6) is 0 Å². The molecule has 0 heterocycles. The SMILES string of the molecule is CCC(CC(=O)O)NC(=O)NC(C)(C)CC(N)=O. The van der Waals surface area contributed by atoms with E-state index in [2.05, 4.69) is 10.6 Å². The largest absolute Gasteiger partial charge is 0.481 e. The number of hydrogen-bond donors (Lipinski definition) is 4. The van der Waals surface area contributed by atoms with Crippen molar-refractivity contribution in [3.8, 4) is 0 Å². The number of carboxylic acids is 1. The highest BCUT2D eigenvalue weighted by molar-refractivity contribution is 5.79. The molecule has 0 spiro atoms. The van der Waals surface area contributed by atoms with Gasteiger partial charge in [0.1, 0.15) is 0 Å². The third-order valence-electron chi connectivity index (χ3n) is 2.32. The van der Waals surface area contributed by atoms with E-state index in [1.165, 1.54) is 0 Å². The first-order valence-electron chi connectivity index (χ1n) is 5.75. The topological polar surface area (TPSA) is 122 Å². The van der Waals surface area contributed by atoms with Crippen molar-refractivity contribution in [2.75, 3.05) is 0 Å². The molecule has 0 fully saturated rings. The fraction of sp³-hybridized carbons (Fsp3) is 0.727. The van der Waals surface area contributed by atoms with Crippen LogP contribution in [0.2, 0.25) is 0 Å². The minimum Gasteiger partial charge on any atom is -0.481 e. The molecule has 0 saturated carbocycles. The highest BCUT2D eigenvalue weighted by Crippen LogP contribution is 2.07. The lowest BCUT2D eigenvalue weighted by atomic mass is 10.0. The van der Waals surface area contributed by atoms with Gasteiger partial charge in [0.05, 0.1) is 6.42 Å². The van der Waals surface area contributed by atoms with Crippen molar-refractivity contribution in [1.82, 2.24) is 10.6 Å². The summed E-state index contributed by atoms with van der Waals surface area (Å²) < 4.78 is 0. The molecule has 0 saturated heterocycles. The van der Waals surface area contributed by atoms with E-state index < -0.39 is 29.5 Å². The summed E-state index contributed by atoms with van der Waals surface area (Å²) in [4.78, 5) is 33.0. The van der Waals surface area contributed by atoms with Crippen LogP contribution >= 0.6 is 0 Å². The molecule has 104 valence electrons. The summed E-state index contributed by atoms with van der Waals surface area (Å²) in [5, 5.41) is 13.8. The Morgan fingerprint density at radius 1 is 1.33 bits per heavy atom. The molecule has 7 nitrogen and oxygen atoms in total. The highest BCUT2D eigenvalue weighted by atomic mass is 16.4. The summed E-state index contributed by atoms with van der Waals surface area (Å²) >= 11 is 0. The highest BCUT2D eigenvalue weighted by Gasteiger charge is 2.24. The Balaban J connectivity index is 4.31. The number of urea groups is 1. The molecule has 0 rings (SSSR count). The van der Waals surface area contributed by atoms with Crippen molar-refractivity contribution in [1.29, 1.82) is 0 Å². The van der Waals surface area contributed by atoms with Crippen LogP contribution in [-0.4, -0.2) is 34.6 Å². The molecule has 1 unspecified atom stereocenters. The van der Waals surface area contributed by atoms with Gasteiger partial charge in [-0.15, -0.1) is 0 Å². The molecule has 0 aliphatic carbocycles. The second kappa shape index (κ2) is 6.83. The Morgan fingerprint density at radius 2 is 1.89 bits per heavy atom. The number of carboxylic acid groups (broad SMARTS) is 1. The Hall–Kier alpha value is -1.79. The van der Waals surface area contributed by atoms with E-state index in [9.17, 15) is 14.4 Å². The zero-order chi connectivity index (χ0) is 14.3. The van der Waals surface area contributed by atoms with Gasteiger partial charge in [0.25, 0.3) is 0 Å². The van der Waals surface area contributed by atoms with E-state index in [1.807, 2.05) is 0 Å². The monoisotopic (exact) mass is 259 g/mol. The van der Waals surface area contributed by atoms with Crippen LogP contribution in [0.4, 0.5) is 4.79 Å². The predicted molar refractivity (Wildman–Crippen MR) is 65.9 cm³/mol. The van der Waals surface area contributed by atoms with Crippen molar-refractivity contribution in [2.45, 2.75) is 51.6 Å². The van der Waals surface area contributed by atoms with Gasteiger partial charge in [-0.1, -0.05) is 6.92 Å². The number of amides is 3. The van der Waals surface area contributed by atoms with Crippen LogP contribution in [0.1, 0.15) is 40.0 Å². The quantitative estimate of drug-likeness (QED) is 0.521. The second-order valence-corrected chi connectivity index (χ2v) is 4.83. The van der Waals surface area contributed by atoms with E-state index in [0.717, 1.165) is 0 Å². The smallest absolute Gasteiger partial charge is 0.315 e. The van der Waals surface area contributed by atoms with Crippen LogP contribution in [0.3, 0.4) is 0 Å². The summed E-state index contributed by atoms with van der Waals surface area (Å²) in [5.74, 6) is -1.49. The molecule has 3 amide bonds. The molecule has 0 aromatic heterocycles. The normalized spacial score (nSPS) is 12.6. The first kappa shape index (κ1) is 16.2. The second-order valence-electron chi connectivity index (χ2n) is 4.83.